The Morgan fingerprint density at radius 2 is 1.95 bits per heavy atom. The van der Waals surface area contributed by atoms with Gasteiger partial charge in [-0.15, -0.1) is 0 Å². The van der Waals surface area contributed by atoms with E-state index in [4.69, 9.17) is 0 Å². The van der Waals surface area contributed by atoms with Crippen molar-refractivity contribution in [2.45, 2.75) is 33.6 Å². The minimum atomic E-state index is -0.909. The van der Waals surface area contributed by atoms with Crippen molar-refractivity contribution in [2.24, 2.45) is 0 Å². The molecule has 3 heteroatoms. The third-order valence-corrected chi connectivity index (χ3v) is 3.36. The molecule has 0 spiro atoms. The second-order valence-electron chi connectivity index (χ2n) is 5.06. The number of pyridine rings is 1. The molecule has 3 nitrogen and oxygen atoms in total. The lowest BCUT2D eigenvalue weighted by atomic mass is 10.0. The number of hydrogen-bond donors (Lipinski definition) is 1. The van der Waals surface area contributed by atoms with Gasteiger partial charge in [0.15, 0.2) is 0 Å². The molecule has 0 unspecified atom stereocenters. The summed E-state index contributed by atoms with van der Waals surface area (Å²) >= 11 is 0. The minimum Gasteiger partial charge on any atom is -0.478 e. The highest BCUT2D eigenvalue weighted by molar-refractivity contribution is 5.89. The van der Waals surface area contributed by atoms with Crippen LogP contribution in [-0.2, 0) is 6.42 Å². The van der Waals surface area contributed by atoms with Gasteiger partial charge in [0.25, 0.3) is 0 Å². The van der Waals surface area contributed by atoms with Gasteiger partial charge in [-0.2, -0.15) is 0 Å². The number of nitrogens with zero attached hydrogens (tertiary/aromatic N) is 1. The third-order valence-electron chi connectivity index (χ3n) is 3.36. The van der Waals surface area contributed by atoms with Gasteiger partial charge < -0.3 is 5.11 Å². The summed E-state index contributed by atoms with van der Waals surface area (Å²) in [7, 11) is 0. The number of carboxylic acids is 1. The first kappa shape index (κ1) is 14.3. The Balaban J connectivity index is 2.55. The summed E-state index contributed by atoms with van der Waals surface area (Å²) in [6.45, 7) is 6.11. The molecule has 1 aromatic carbocycles. The zero-order chi connectivity index (χ0) is 14.7. The fourth-order valence-corrected chi connectivity index (χ4v) is 2.29. The first-order valence-corrected chi connectivity index (χ1v) is 6.83. The number of hydrogen-bond acceptors (Lipinski definition) is 2. The summed E-state index contributed by atoms with van der Waals surface area (Å²) in [4.78, 5) is 15.8. The molecule has 0 aliphatic heterocycles. The van der Waals surface area contributed by atoms with Crippen molar-refractivity contribution in [3.05, 3.63) is 52.7 Å². The van der Waals surface area contributed by atoms with E-state index in [1.54, 1.807) is 12.1 Å². The van der Waals surface area contributed by atoms with Gasteiger partial charge in [0.05, 0.1) is 17.0 Å². The number of aromatic nitrogens is 1. The van der Waals surface area contributed by atoms with E-state index in [0.29, 0.717) is 17.7 Å². The summed E-state index contributed by atoms with van der Waals surface area (Å²) in [5, 5.41) is 9.21. The number of aryl methyl sites for hydroxylation is 3. The Bertz CT molecular complexity index is 647. The van der Waals surface area contributed by atoms with E-state index in [-0.39, 0.29) is 0 Å². The minimum absolute atomic E-state index is 0.306. The van der Waals surface area contributed by atoms with Crippen molar-refractivity contribution in [1.29, 1.82) is 0 Å². The predicted octanol–water partition coefficient (Wildman–Crippen LogP) is 4.02. The molecule has 0 amide bonds. The molecule has 0 bridgehead atoms. The summed E-state index contributed by atoms with van der Waals surface area (Å²) in [5.74, 6) is -0.909. The highest BCUT2D eigenvalue weighted by Crippen LogP contribution is 2.24. The van der Waals surface area contributed by atoms with Crippen LogP contribution in [0.4, 0.5) is 0 Å². The normalized spacial score (nSPS) is 10.6. The van der Waals surface area contributed by atoms with Gasteiger partial charge in [-0.05, 0) is 44.0 Å². The summed E-state index contributed by atoms with van der Waals surface area (Å²) in [6, 6.07) is 9.68. The second kappa shape index (κ2) is 5.87. The average molecular weight is 269 g/mol. The summed E-state index contributed by atoms with van der Waals surface area (Å²) in [5.41, 5.74) is 5.21. The lowest BCUT2D eigenvalue weighted by molar-refractivity contribution is 0.0695. The smallest absolute Gasteiger partial charge is 0.337 e. The van der Waals surface area contributed by atoms with E-state index < -0.39 is 5.97 Å². The molecule has 104 valence electrons. The van der Waals surface area contributed by atoms with Crippen LogP contribution in [0, 0.1) is 13.8 Å². The van der Waals surface area contributed by atoms with Gasteiger partial charge in [-0.25, -0.2) is 4.79 Å². The highest BCUT2D eigenvalue weighted by atomic mass is 16.4. The number of benzene rings is 1. The van der Waals surface area contributed by atoms with Crippen LogP contribution in [-0.4, -0.2) is 16.1 Å². The van der Waals surface area contributed by atoms with E-state index in [1.807, 2.05) is 20.8 Å². The molecule has 2 aromatic rings. The average Bonchev–Trinajstić information content (AvgIpc) is 2.41. The van der Waals surface area contributed by atoms with Crippen molar-refractivity contribution in [1.82, 2.24) is 4.98 Å². The number of aromatic carboxylic acids is 1. The van der Waals surface area contributed by atoms with Crippen LogP contribution in [0.2, 0.25) is 0 Å². The molecule has 2 rings (SSSR count). The standard InChI is InChI=1S/C17H19NO2/c1-4-5-15-13(17(19)20)8-9-16(18-15)14-10-11(2)6-7-12(14)3/h6-10H,4-5H2,1-3H3,(H,19,20). The molecule has 0 atom stereocenters. The van der Waals surface area contributed by atoms with Crippen LogP contribution >= 0.6 is 0 Å². The first-order chi connectivity index (χ1) is 9.52. The van der Waals surface area contributed by atoms with Gasteiger partial charge in [-0.1, -0.05) is 31.0 Å². The Morgan fingerprint density at radius 3 is 2.60 bits per heavy atom. The molecule has 0 radical (unpaired) electrons. The number of carbonyl (C=O) groups is 1. The lowest BCUT2D eigenvalue weighted by Crippen LogP contribution is -2.06. The zero-order valence-corrected chi connectivity index (χ0v) is 12.1. The molecule has 0 saturated heterocycles. The van der Waals surface area contributed by atoms with Crippen LogP contribution < -0.4 is 0 Å². The fourth-order valence-electron chi connectivity index (χ4n) is 2.29. The second-order valence-corrected chi connectivity index (χ2v) is 5.06. The number of rotatable bonds is 4. The lowest BCUT2D eigenvalue weighted by Gasteiger charge is -2.10. The molecule has 0 aliphatic carbocycles. The van der Waals surface area contributed by atoms with Crippen LogP contribution in [0.15, 0.2) is 30.3 Å². The van der Waals surface area contributed by atoms with Crippen molar-refractivity contribution >= 4 is 5.97 Å². The molecule has 1 aromatic heterocycles. The van der Waals surface area contributed by atoms with Crippen LogP contribution in [0.25, 0.3) is 11.3 Å². The molecule has 0 saturated carbocycles. The van der Waals surface area contributed by atoms with Gasteiger partial charge in [-0.3, -0.25) is 4.98 Å². The SMILES string of the molecule is CCCc1nc(-c2cc(C)ccc2C)ccc1C(=O)O. The third kappa shape index (κ3) is 2.87. The molecule has 1 heterocycles. The van der Waals surface area contributed by atoms with Crippen molar-refractivity contribution in [3.63, 3.8) is 0 Å². The van der Waals surface area contributed by atoms with Crippen molar-refractivity contribution in [2.75, 3.05) is 0 Å². The van der Waals surface area contributed by atoms with E-state index in [9.17, 15) is 9.90 Å². The first-order valence-electron chi connectivity index (χ1n) is 6.83. The largest absolute Gasteiger partial charge is 0.478 e. The molecular formula is C17H19NO2. The predicted molar refractivity (Wildman–Crippen MR) is 80.1 cm³/mol. The Morgan fingerprint density at radius 1 is 1.20 bits per heavy atom. The van der Waals surface area contributed by atoms with Gasteiger partial charge in [0.2, 0.25) is 0 Å². The van der Waals surface area contributed by atoms with Crippen LogP contribution in [0.3, 0.4) is 0 Å². The fraction of sp³-hybridized carbons (Fsp3) is 0.294. The maximum absolute atomic E-state index is 11.2. The Hall–Kier alpha value is -2.16. The van der Waals surface area contributed by atoms with Crippen molar-refractivity contribution < 1.29 is 9.90 Å². The molecular weight excluding hydrogens is 250 g/mol. The van der Waals surface area contributed by atoms with E-state index >= 15 is 0 Å². The highest BCUT2D eigenvalue weighted by Gasteiger charge is 2.13. The van der Waals surface area contributed by atoms with Crippen LogP contribution in [0.1, 0.15) is 40.5 Å². The maximum Gasteiger partial charge on any atom is 0.337 e. The Labute approximate surface area is 119 Å². The van der Waals surface area contributed by atoms with E-state index in [1.165, 1.54) is 5.56 Å². The summed E-state index contributed by atoms with van der Waals surface area (Å²) in [6.07, 6.45) is 1.56. The van der Waals surface area contributed by atoms with Gasteiger partial charge in [0, 0.05) is 5.56 Å². The maximum atomic E-state index is 11.2. The Kier molecular flexibility index (Phi) is 4.18. The molecule has 1 N–H and O–H groups in total. The van der Waals surface area contributed by atoms with Crippen molar-refractivity contribution in [3.8, 4) is 11.3 Å². The number of carboxylic acid groups (broad SMARTS) is 1. The van der Waals surface area contributed by atoms with Gasteiger partial charge >= 0.3 is 5.97 Å². The van der Waals surface area contributed by atoms with Gasteiger partial charge in [0.1, 0.15) is 0 Å². The molecule has 20 heavy (non-hydrogen) atoms. The van der Waals surface area contributed by atoms with Crippen LogP contribution in [0.5, 0.6) is 0 Å². The molecule has 0 aliphatic rings. The van der Waals surface area contributed by atoms with E-state index in [0.717, 1.165) is 23.2 Å². The molecule has 0 fully saturated rings. The zero-order valence-electron chi connectivity index (χ0n) is 12.1. The van der Waals surface area contributed by atoms with E-state index in [2.05, 4.69) is 23.2 Å². The topological polar surface area (TPSA) is 50.2 Å². The summed E-state index contributed by atoms with van der Waals surface area (Å²) < 4.78 is 0. The monoisotopic (exact) mass is 269 g/mol. The quantitative estimate of drug-likeness (QED) is 0.912.